The van der Waals surface area contributed by atoms with E-state index in [4.69, 9.17) is 4.74 Å². The molecule has 3 heteroatoms. The summed E-state index contributed by atoms with van der Waals surface area (Å²) < 4.78 is 5.69. The van der Waals surface area contributed by atoms with Gasteiger partial charge in [0.05, 0.1) is 11.6 Å². The maximum absolute atomic E-state index is 12.7. The van der Waals surface area contributed by atoms with E-state index in [0.29, 0.717) is 6.61 Å². The lowest BCUT2D eigenvalue weighted by molar-refractivity contribution is -0.148. The highest BCUT2D eigenvalue weighted by Crippen LogP contribution is 2.39. The van der Waals surface area contributed by atoms with Crippen LogP contribution in [0.2, 0.25) is 11.1 Å². The van der Waals surface area contributed by atoms with E-state index in [1.165, 1.54) is 57.4 Å². The van der Waals surface area contributed by atoms with Gasteiger partial charge in [0.1, 0.15) is 0 Å². The summed E-state index contributed by atoms with van der Waals surface area (Å²) in [5, 5.41) is -0.0749. The fourth-order valence-corrected chi connectivity index (χ4v) is 5.27. The van der Waals surface area contributed by atoms with Crippen LogP contribution in [0, 0.1) is 0 Å². The highest BCUT2D eigenvalue weighted by Gasteiger charge is 2.37. The third-order valence-electron chi connectivity index (χ3n) is 4.86. The van der Waals surface area contributed by atoms with Crippen molar-refractivity contribution in [3.05, 3.63) is 0 Å². The van der Waals surface area contributed by atoms with E-state index in [0.717, 1.165) is 19.3 Å². The zero-order valence-corrected chi connectivity index (χ0v) is 17.1. The Morgan fingerprint density at radius 3 is 2.05 bits per heavy atom. The highest BCUT2D eigenvalue weighted by molar-refractivity contribution is 6.46. The van der Waals surface area contributed by atoms with Crippen LogP contribution < -0.4 is 0 Å². The first-order valence-electron chi connectivity index (χ1n) is 9.84. The van der Waals surface area contributed by atoms with Gasteiger partial charge in [-0.05, 0) is 19.3 Å². The summed E-state index contributed by atoms with van der Waals surface area (Å²) in [4.78, 5) is 12.7. The minimum atomic E-state index is -0.382. The SMILES string of the molecule is CCCCCCOC(=O)C(CC)(CCCCCC)[SiH2]CCC. The van der Waals surface area contributed by atoms with Gasteiger partial charge in [-0.15, -0.1) is 0 Å². The van der Waals surface area contributed by atoms with E-state index in [1.807, 2.05) is 0 Å². The predicted molar refractivity (Wildman–Crippen MR) is 100 cm³/mol. The molecule has 0 bridgehead atoms. The Bertz CT molecular complexity index is 268. The smallest absolute Gasteiger partial charge is 0.308 e. The van der Waals surface area contributed by atoms with Gasteiger partial charge in [-0.2, -0.15) is 0 Å². The second-order valence-electron chi connectivity index (χ2n) is 6.74. The molecule has 0 rings (SSSR count). The first-order chi connectivity index (χ1) is 10.7. The third-order valence-corrected chi connectivity index (χ3v) is 8.02. The van der Waals surface area contributed by atoms with Crippen molar-refractivity contribution < 1.29 is 9.53 Å². The standard InChI is InChI=1S/C19H40O2Si/c1-5-9-11-13-15-19(8-4,22-17-7-3)18(20)21-16-14-12-10-6-2/h5-17,22H2,1-4H3. The number of carbonyl (C=O) groups is 1. The molecule has 132 valence electrons. The monoisotopic (exact) mass is 328 g/mol. The van der Waals surface area contributed by atoms with Crippen molar-refractivity contribution in [3.63, 3.8) is 0 Å². The van der Waals surface area contributed by atoms with Crippen molar-refractivity contribution in [3.8, 4) is 0 Å². The summed E-state index contributed by atoms with van der Waals surface area (Å²) in [6.07, 6.45) is 13.0. The lowest BCUT2D eigenvalue weighted by Crippen LogP contribution is -2.32. The van der Waals surface area contributed by atoms with E-state index in [-0.39, 0.29) is 20.5 Å². The summed E-state index contributed by atoms with van der Waals surface area (Å²) in [5.41, 5.74) is 0. The summed E-state index contributed by atoms with van der Waals surface area (Å²) in [7, 11) is -0.382. The molecular weight excluding hydrogens is 288 g/mol. The predicted octanol–water partition coefficient (Wildman–Crippen LogP) is 5.65. The summed E-state index contributed by atoms with van der Waals surface area (Å²) in [6.45, 7) is 9.52. The Morgan fingerprint density at radius 1 is 0.864 bits per heavy atom. The fraction of sp³-hybridized carbons (Fsp3) is 0.947. The van der Waals surface area contributed by atoms with Gasteiger partial charge in [0.15, 0.2) is 0 Å². The van der Waals surface area contributed by atoms with E-state index < -0.39 is 0 Å². The molecule has 0 aliphatic heterocycles. The molecule has 1 atom stereocenters. The summed E-state index contributed by atoms with van der Waals surface area (Å²) in [5.74, 6) is 0.142. The molecule has 0 N–H and O–H groups in total. The second kappa shape index (κ2) is 14.3. The minimum Gasteiger partial charge on any atom is -0.465 e. The van der Waals surface area contributed by atoms with E-state index >= 15 is 0 Å². The Balaban J connectivity index is 4.41. The van der Waals surface area contributed by atoms with Gasteiger partial charge in [0, 0.05) is 9.52 Å². The van der Waals surface area contributed by atoms with Crippen LogP contribution in [0.1, 0.15) is 98.3 Å². The number of hydrogen-bond donors (Lipinski definition) is 0. The normalized spacial score (nSPS) is 14.4. The molecule has 0 fully saturated rings. The van der Waals surface area contributed by atoms with Crippen LogP contribution in [0.25, 0.3) is 0 Å². The Kier molecular flexibility index (Phi) is 14.1. The number of ether oxygens (including phenoxy) is 1. The molecule has 0 aromatic rings. The molecule has 0 saturated carbocycles. The molecule has 0 spiro atoms. The lowest BCUT2D eigenvalue weighted by atomic mass is 9.97. The quantitative estimate of drug-likeness (QED) is 0.221. The van der Waals surface area contributed by atoms with Gasteiger partial charge in [-0.25, -0.2) is 0 Å². The molecule has 0 amide bonds. The Morgan fingerprint density at radius 2 is 1.50 bits per heavy atom. The average Bonchev–Trinajstić information content (AvgIpc) is 2.54. The molecule has 22 heavy (non-hydrogen) atoms. The van der Waals surface area contributed by atoms with Crippen LogP contribution in [0.5, 0.6) is 0 Å². The molecule has 2 nitrogen and oxygen atoms in total. The van der Waals surface area contributed by atoms with Crippen LogP contribution in [0.15, 0.2) is 0 Å². The zero-order valence-electron chi connectivity index (χ0n) is 15.7. The number of carbonyl (C=O) groups excluding carboxylic acids is 1. The summed E-state index contributed by atoms with van der Waals surface area (Å²) >= 11 is 0. The van der Waals surface area contributed by atoms with Crippen molar-refractivity contribution in [1.82, 2.24) is 0 Å². The topological polar surface area (TPSA) is 26.3 Å². The van der Waals surface area contributed by atoms with Gasteiger partial charge in [0.25, 0.3) is 0 Å². The second-order valence-corrected chi connectivity index (χ2v) is 9.31. The van der Waals surface area contributed by atoms with Crippen molar-refractivity contribution in [1.29, 1.82) is 0 Å². The number of hydrogen-bond acceptors (Lipinski definition) is 2. The summed E-state index contributed by atoms with van der Waals surface area (Å²) in [6, 6.07) is 1.27. The van der Waals surface area contributed by atoms with Gasteiger partial charge in [-0.3, -0.25) is 4.79 Å². The van der Waals surface area contributed by atoms with Gasteiger partial charge in [0.2, 0.25) is 0 Å². The first kappa shape index (κ1) is 21.7. The van der Waals surface area contributed by atoms with Crippen LogP contribution in [-0.2, 0) is 9.53 Å². The van der Waals surface area contributed by atoms with E-state index in [9.17, 15) is 4.79 Å². The Labute approximate surface area is 141 Å². The molecule has 0 aromatic heterocycles. The van der Waals surface area contributed by atoms with Crippen LogP contribution >= 0.6 is 0 Å². The van der Waals surface area contributed by atoms with Gasteiger partial charge >= 0.3 is 5.97 Å². The number of rotatable bonds is 15. The Hall–Kier alpha value is -0.313. The van der Waals surface area contributed by atoms with Crippen LogP contribution in [0.3, 0.4) is 0 Å². The van der Waals surface area contributed by atoms with E-state index in [1.54, 1.807) is 0 Å². The number of unbranched alkanes of at least 4 members (excludes halogenated alkanes) is 6. The third kappa shape index (κ3) is 8.97. The highest BCUT2D eigenvalue weighted by atomic mass is 28.2. The maximum atomic E-state index is 12.7. The zero-order chi connectivity index (χ0) is 16.7. The van der Waals surface area contributed by atoms with Gasteiger partial charge < -0.3 is 4.74 Å². The average molecular weight is 329 g/mol. The van der Waals surface area contributed by atoms with Crippen molar-refractivity contribution in [2.24, 2.45) is 0 Å². The van der Waals surface area contributed by atoms with Crippen molar-refractivity contribution >= 4 is 15.5 Å². The van der Waals surface area contributed by atoms with Crippen molar-refractivity contribution in [2.45, 2.75) is 109 Å². The largest absolute Gasteiger partial charge is 0.465 e. The molecule has 0 saturated heterocycles. The molecule has 0 heterocycles. The van der Waals surface area contributed by atoms with Crippen molar-refractivity contribution in [2.75, 3.05) is 6.61 Å². The molecular formula is C19H40O2Si. The molecule has 0 radical (unpaired) electrons. The number of esters is 1. The van der Waals surface area contributed by atoms with Crippen LogP contribution in [-0.4, -0.2) is 22.1 Å². The first-order valence-corrected chi connectivity index (χ1v) is 11.5. The fourth-order valence-electron chi connectivity index (χ4n) is 3.08. The van der Waals surface area contributed by atoms with E-state index in [2.05, 4.69) is 27.7 Å². The lowest BCUT2D eigenvalue weighted by Gasteiger charge is -2.30. The molecule has 0 aliphatic carbocycles. The van der Waals surface area contributed by atoms with Gasteiger partial charge in [-0.1, -0.05) is 85.1 Å². The van der Waals surface area contributed by atoms with Crippen LogP contribution in [0.4, 0.5) is 0 Å². The minimum absolute atomic E-state index is 0.0749. The molecule has 0 aromatic carbocycles. The molecule has 0 aliphatic rings. The molecule has 1 unspecified atom stereocenters. The maximum Gasteiger partial charge on any atom is 0.308 e.